The van der Waals surface area contributed by atoms with Gasteiger partial charge in [-0.25, -0.2) is 4.39 Å². The van der Waals surface area contributed by atoms with Crippen molar-refractivity contribution < 1.29 is 18.7 Å². The summed E-state index contributed by atoms with van der Waals surface area (Å²) in [7, 11) is 1.60. The predicted molar refractivity (Wildman–Crippen MR) is 143 cm³/mol. The number of nitrogens with zero attached hydrogens (tertiary/aromatic N) is 1. The molecule has 37 heavy (non-hydrogen) atoms. The minimum absolute atomic E-state index is 0.0756. The fourth-order valence-corrected chi connectivity index (χ4v) is 4.94. The van der Waals surface area contributed by atoms with Gasteiger partial charge in [0.25, 0.3) is 0 Å². The molecule has 2 amide bonds. The summed E-state index contributed by atoms with van der Waals surface area (Å²) in [4.78, 5) is 29.3. The third kappa shape index (κ3) is 7.66. The van der Waals surface area contributed by atoms with Gasteiger partial charge in [-0.15, -0.1) is 0 Å². The molecule has 194 valence electrons. The van der Waals surface area contributed by atoms with E-state index in [0.717, 1.165) is 36.8 Å². The molecule has 3 aromatic carbocycles. The van der Waals surface area contributed by atoms with Crippen molar-refractivity contribution in [2.45, 2.75) is 63.6 Å². The highest BCUT2D eigenvalue weighted by Gasteiger charge is 2.32. The number of hydrogen-bond donors (Lipinski definition) is 1. The number of halogens is 1. The second-order valence-electron chi connectivity index (χ2n) is 9.73. The summed E-state index contributed by atoms with van der Waals surface area (Å²) in [5.74, 6) is 0.0215. The molecule has 0 aromatic heterocycles. The molecule has 1 unspecified atom stereocenters. The van der Waals surface area contributed by atoms with Crippen LogP contribution in [0.2, 0.25) is 0 Å². The van der Waals surface area contributed by atoms with Crippen LogP contribution in [-0.4, -0.2) is 35.9 Å². The summed E-state index contributed by atoms with van der Waals surface area (Å²) < 4.78 is 18.9. The number of benzene rings is 3. The van der Waals surface area contributed by atoms with Crippen molar-refractivity contribution in [2.75, 3.05) is 7.11 Å². The first-order valence-corrected chi connectivity index (χ1v) is 13.0. The second-order valence-corrected chi connectivity index (χ2v) is 9.73. The van der Waals surface area contributed by atoms with Crippen molar-refractivity contribution in [2.24, 2.45) is 0 Å². The highest BCUT2D eigenvalue weighted by atomic mass is 19.1. The molecule has 1 aliphatic rings. The lowest BCUT2D eigenvalue weighted by Crippen LogP contribution is -2.53. The summed E-state index contributed by atoms with van der Waals surface area (Å²) in [6.45, 7) is 0.257. The van der Waals surface area contributed by atoms with Gasteiger partial charge in [0.15, 0.2) is 0 Å². The fourth-order valence-electron chi connectivity index (χ4n) is 4.94. The van der Waals surface area contributed by atoms with E-state index < -0.39 is 6.04 Å². The van der Waals surface area contributed by atoms with E-state index in [9.17, 15) is 14.0 Å². The van der Waals surface area contributed by atoms with Crippen LogP contribution in [0.1, 0.15) is 48.8 Å². The molecule has 1 N–H and O–H groups in total. The molecule has 4 rings (SSSR count). The first-order chi connectivity index (χ1) is 18.0. The Hall–Kier alpha value is -3.67. The van der Waals surface area contributed by atoms with Crippen molar-refractivity contribution >= 4 is 11.8 Å². The van der Waals surface area contributed by atoms with E-state index in [1.807, 2.05) is 54.6 Å². The Morgan fingerprint density at radius 2 is 1.62 bits per heavy atom. The zero-order valence-electron chi connectivity index (χ0n) is 21.4. The topological polar surface area (TPSA) is 58.6 Å². The van der Waals surface area contributed by atoms with Crippen LogP contribution in [0.4, 0.5) is 4.39 Å². The zero-order chi connectivity index (χ0) is 26.0. The van der Waals surface area contributed by atoms with Gasteiger partial charge in [-0.05, 0) is 53.8 Å². The van der Waals surface area contributed by atoms with E-state index in [4.69, 9.17) is 4.74 Å². The maximum Gasteiger partial charge on any atom is 0.243 e. The number of ether oxygens (including phenoxy) is 1. The minimum atomic E-state index is -0.691. The van der Waals surface area contributed by atoms with Crippen LogP contribution in [0.25, 0.3) is 0 Å². The van der Waals surface area contributed by atoms with Gasteiger partial charge in [-0.3, -0.25) is 9.59 Å². The van der Waals surface area contributed by atoms with Crippen molar-refractivity contribution in [3.8, 4) is 5.75 Å². The first-order valence-electron chi connectivity index (χ1n) is 13.0. The number of carbonyl (C=O) groups excluding carboxylic acids is 2. The monoisotopic (exact) mass is 502 g/mol. The normalized spacial score (nSPS) is 14.5. The maximum absolute atomic E-state index is 13.8. The highest BCUT2D eigenvalue weighted by molar-refractivity contribution is 5.89. The standard InChI is InChI=1S/C31H35FN2O3/c1-37-28-14-8-11-25(19-28)22-34(30(35)21-24-15-17-26(32)18-16-24)29(20-23-9-4-2-5-10-23)31(36)33-27-12-6-3-7-13-27/h2,4-5,8-11,14-19,27,29H,3,6-7,12-13,20-22H2,1H3,(H,33,36). The SMILES string of the molecule is COc1cccc(CN(C(=O)Cc2ccc(F)cc2)C(Cc2ccccc2)C(=O)NC2CCCCC2)c1. The zero-order valence-corrected chi connectivity index (χ0v) is 21.4. The van der Waals surface area contributed by atoms with Crippen LogP contribution in [0.3, 0.4) is 0 Å². The Morgan fingerprint density at radius 3 is 2.32 bits per heavy atom. The third-order valence-electron chi connectivity index (χ3n) is 6.98. The van der Waals surface area contributed by atoms with Gasteiger partial charge in [0.1, 0.15) is 17.6 Å². The van der Waals surface area contributed by atoms with E-state index in [-0.39, 0.29) is 36.6 Å². The van der Waals surface area contributed by atoms with E-state index >= 15 is 0 Å². The first kappa shape index (κ1) is 26.4. The third-order valence-corrected chi connectivity index (χ3v) is 6.98. The van der Waals surface area contributed by atoms with Crippen LogP contribution in [-0.2, 0) is 29.0 Å². The quantitative estimate of drug-likeness (QED) is 0.400. The van der Waals surface area contributed by atoms with Gasteiger partial charge in [0, 0.05) is 19.0 Å². The summed E-state index contributed by atoms with van der Waals surface area (Å²) in [6.07, 6.45) is 5.80. The van der Waals surface area contributed by atoms with E-state index in [0.29, 0.717) is 17.7 Å². The summed E-state index contributed by atoms with van der Waals surface area (Å²) in [6, 6.07) is 22.7. The molecule has 0 spiro atoms. The Kier molecular flexibility index (Phi) is 9.30. The molecule has 1 saturated carbocycles. The summed E-state index contributed by atoms with van der Waals surface area (Å²) in [5.41, 5.74) is 2.56. The lowest BCUT2D eigenvalue weighted by molar-refractivity contribution is -0.141. The molecule has 0 heterocycles. The number of amides is 2. The van der Waals surface area contributed by atoms with Gasteiger partial charge >= 0.3 is 0 Å². The van der Waals surface area contributed by atoms with Crippen molar-refractivity contribution in [1.29, 1.82) is 0 Å². The molecular formula is C31H35FN2O3. The number of carbonyl (C=O) groups is 2. The lowest BCUT2D eigenvalue weighted by atomic mass is 9.94. The Labute approximate surface area is 218 Å². The Bertz CT molecular complexity index is 1160. The van der Waals surface area contributed by atoms with Crippen molar-refractivity contribution in [1.82, 2.24) is 10.2 Å². The lowest BCUT2D eigenvalue weighted by Gasteiger charge is -2.33. The molecule has 3 aromatic rings. The average molecular weight is 503 g/mol. The highest BCUT2D eigenvalue weighted by Crippen LogP contribution is 2.22. The number of methoxy groups -OCH3 is 1. The van der Waals surface area contributed by atoms with Gasteiger partial charge in [-0.2, -0.15) is 0 Å². The minimum Gasteiger partial charge on any atom is -0.497 e. The van der Waals surface area contributed by atoms with E-state index in [1.165, 1.54) is 18.6 Å². The predicted octanol–water partition coefficient (Wildman–Crippen LogP) is 5.47. The number of nitrogens with one attached hydrogen (secondary N) is 1. The molecule has 1 fully saturated rings. The maximum atomic E-state index is 13.8. The molecular weight excluding hydrogens is 467 g/mol. The van der Waals surface area contributed by atoms with Crippen LogP contribution in [0, 0.1) is 5.82 Å². The number of hydrogen-bond acceptors (Lipinski definition) is 3. The van der Waals surface area contributed by atoms with E-state index in [2.05, 4.69) is 5.32 Å². The van der Waals surface area contributed by atoms with Gasteiger partial charge in [0.2, 0.25) is 11.8 Å². The van der Waals surface area contributed by atoms with Crippen molar-refractivity contribution in [3.05, 3.63) is 101 Å². The van der Waals surface area contributed by atoms with Crippen LogP contribution in [0.15, 0.2) is 78.9 Å². The molecule has 1 atom stereocenters. The van der Waals surface area contributed by atoms with Crippen LogP contribution >= 0.6 is 0 Å². The Morgan fingerprint density at radius 1 is 0.919 bits per heavy atom. The molecule has 0 saturated heterocycles. The van der Waals surface area contributed by atoms with Gasteiger partial charge in [-0.1, -0.05) is 73.9 Å². The molecule has 5 nitrogen and oxygen atoms in total. The van der Waals surface area contributed by atoms with Crippen LogP contribution < -0.4 is 10.1 Å². The summed E-state index contributed by atoms with van der Waals surface area (Å²) >= 11 is 0. The summed E-state index contributed by atoms with van der Waals surface area (Å²) in [5, 5.41) is 3.25. The average Bonchev–Trinajstić information content (AvgIpc) is 2.93. The largest absolute Gasteiger partial charge is 0.497 e. The molecule has 0 aliphatic heterocycles. The number of rotatable bonds is 10. The molecule has 0 bridgehead atoms. The fraction of sp³-hybridized carbons (Fsp3) is 0.355. The Balaban J connectivity index is 1.65. The second kappa shape index (κ2) is 13.0. The molecule has 0 radical (unpaired) electrons. The van der Waals surface area contributed by atoms with Gasteiger partial charge in [0.05, 0.1) is 13.5 Å². The van der Waals surface area contributed by atoms with E-state index in [1.54, 1.807) is 24.1 Å². The smallest absolute Gasteiger partial charge is 0.243 e. The van der Waals surface area contributed by atoms with Gasteiger partial charge < -0.3 is 15.0 Å². The molecule has 6 heteroatoms. The molecule has 1 aliphatic carbocycles. The van der Waals surface area contributed by atoms with Crippen molar-refractivity contribution in [3.63, 3.8) is 0 Å². The van der Waals surface area contributed by atoms with Crippen LogP contribution in [0.5, 0.6) is 5.75 Å².